The Morgan fingerprint density at radius 3 is 2.71 bits per heavy atom. The second kappa shape index (κ2) is 6.66. The summed E-state index contributed by atoms with van der Waals surface area (Å²) in [4.78, 5) is 16.0. The predicted molar refractivity (Wildman–Crippen MR) is 88.6 cm³/mol. The zero-order valence-corrected chi connectivity index (χ0v) is 13.4. The van der Waals surface area contributed by atoms with Crippen molar-refractivity contribution in [3.63, 3.8) is 0 Å². The molecule has 1 heterocycles. The van der Waals surface area contributed by atoms with Gasteiger partial charge in [-0.25, -0.2) is 14.2 Å². The first-order chi connectivity index (χ1) is 11.6. The van der Waals surface area contributed by atoms with Crippen molar-refractivity contribution in [2.45, 2.75) is 13.5 Å². The summed E-state index contributed by atoms with van der Waals surface area (Å²) in [5.74, 6) is -0.569. The molecule has 0 amide bonds. The number of nitrogens with zero attached hydrogens (tertiary/aromatic N) is 1. The third kappa shape index (κ3) is 3.20. The van der Waals surface area contributed by atoms with Crippen molar-refractivity contribution in [3.8, 4) is 5.75 Å². The van der Waals surface area contributed by atoms with E-state index in [2.05, 4.69) is 4.98 Å². The van der Waals surface area contributed by atoms with Gasteiger partial charge >= 0.3 is 5.97 Å². The molecule has 4 nitrogen and oxygen atoms in total. The summed E-state index contributed by atoms with van der Waals surface area (Å²) in [5, 5.41) is 0.510. The zero-order valence-electron chi connectivity index (χ0n) is 13.4. The van der Waals surface area contributed by atoms with E-state index >= 15 is 0 Å². The number of esters is 1. The summed E-state index contributed by atoms with van der Waals surface area (Å²) in [5.41, 5.74) is 2.70. The van der Waals surface area contributed by atoms with E-state index in [9.17, 15) is 9.18 Å². The van der Waals surface area contributed by atoms with Gasteiger partial charge in [0, 0.05) is 11.5 Å². The summed E-state index contributed by atoms with van der Waals surface area (Å²) in [6.07, 6.45) is 0. The van der Waals surface area contributed by atoms with Gasteiger partial charge in [-0.2, -0.15) is 0 Å². The number of benzene rings is 2. The molecule has 0 saturated carbocycles. The van der Waals surface area contributed by atoms with Crippen molar-refractivity contribution in [1.29, 1.82) is 0 Å². The Kier molecular flexibility index (Phi) is 4.42. The van der Waals surface area contributed by atoms with E-state index < -0.39 is 11.8 Å². The Hall–Kier alpha value is -2.95. The molecule has 0 spiro atoms. The van der Waals surface area contributed by atoms with E-state index in [4.69, 9.17) is 9.47 Å². The minimum absolute atomic E-state index is 0.122. The molecule has 0 radical (unpaired) electrons. The molecule has 0 unspecified atom stereocenters. The van der Waals surface area contributed by atoms with Crippen molar-refractivity contribution < 1.29 is 18.7 Å². The molecule has 0 N–H and O–H groups in total. The topological polar surface area (TPSA) is 48.4 Å². The number of rotatable bonds is 4. The summed E-state index contributed by atoms with van der Waals surface area (Å²) >= 11 is 0. The van der Waals surface area contributed by atoms with Crippen LogP contribution in [0.3, 0.4) is 0 Å². The quantitative estimate of drug-likeness (QED) is 0.679. The van der Waals surface area contributed by atoms with Crippen LogP contribution in [0.5, 0.6) is 5.75 Å². The number of ether oxygens (including phenoxy) is 2. The average molecular weight is 325 g/mol. The molecule has 3 aromatic rings. The number of methoxy groups -OCH3 is 1. The van der Waals surface area contributed by atoms with Crippen molar-refractivity contribution in [3.05, 3.63) is 71.2 Å². The number of carbonyl (C=O) groups excluding carboxylic acids is 1. The minimum Gasteiger partial charge on any atom is -0.488 e. The summed E-state index contributed by atoms with van der Waals surface area (Å²) in [7, 11) is 1.28. The lowest BCUT2D eigenvalue weighted by Gasteiger charge is -2.12. The van der Waals surface area contributed by atoms with Crippen LogP contribution >= 0.6 is 0 Å². The highest BCUT2D eigenvalue weighted by Gasteiger charge is 2.14. The Labute approximate surface area is 138 Å². The van der Waals surface area contributed by atoms with Crippen molar-refractivity contribution in [2.24, 2.45) is 0 Å². The first-order valence-corrected chi connectivity index (χ1v) is 7.44. The highest BCUT2D eigenvalue weighted by molar-refractivity contribution is 5.94. The molecule has 5 heteroatoms. The normalized spacial score (nSPS) is 10.6. The molecule has 0 atom stereocenters. The summed E-state index contributed by atoms with van der Waals surface area (Å²) in [6.45, 7) is 2.30. The molecular weight excluding hydrogens is 309 g/mol. The van der Waals surface area contributed by atoms with Crippen LogP contribution in [0.1, 0.15) is 21.6 Å². The van der Waals surface area contributed by atoms with E-state index in [1.807, 2.05) is 31.2 Å². The van der Waals surface area contributed by atoms with Gasteiger partial charge in [0.25, 0.3) is 0 Å². The number of pyridine rings is 1. The number of hydrogen-bond donors (Lipinski definition) is 0. The van der Waals surface area contributed by atoms with E-state index in [-0.39, 0.29) is 5.69 Å². The molecule has 2 aromatic carbocycles. The first-order valence-electron chi connectivity index (χ1n) is 7.44. The van der Waals surface area contributed by atoms with Crippen LogP contribution in [0.4, 0.5) is 4.39 Å². The fraction of sp³-hybridized carbons (Fsp3) is 0.158. The van der Waals surface area contributed by atoms with Gasteiger partial charge in [-0.05, 0) is 36.2 Å². The maximum Gasteiger partial charge on any atom is 0.356 e. The molecule has 122 valence electrons. The van der Waals surface area contributed by atoms with Gasteiger partial charge < -0.3 is 9.47 Å². The van der Waals surface area contributed by atoms with E-state index in [1.165, 1.54) is 31.4 Å². The van der Waals surface area contributed by atoms with Gasteiger partial charge in [-0.15, -0.1) is 0 Å². The van der Waals surface area contributed by atoms with Gasteiger partial charge in [0.1, 0.15) is 18.2 Å². The van der Waals surface area contributed by atoms with Crippen molar-refractivity contribution >= 4 is 16.9 Å². The first kappa shape index (κ1) is 15.9. The third-order valence-corrected chi connectivity index (χ3v) is 3.77. The molecule has 0 bridgehead atoms. The standard InChI is InChI=1S/C19H16FNO3/c1-12-5-3-4-6-13(12)11-24-18-10-17(19(22)23-2)21-16-8-7-14(20)9-15(16)18/h3-10H,11H2,1-2H3. The fourth-order valence-electron chi connectivity index (χ4n) is 2.42. The number of carbonyl (C=O) groups is 1. The van der Waals surface area contributed by atoms with E-state index in [0.29, 0.717) is 23.3 Å². The highest BCUT2D eigenvalue weighted by atomic mass is 19.1. The minimum atomic E-state index is -0.568. The molecule has 0 aliphatic heterocycles. The number of halogens is 1. The lowest BCUT2D eigenvalue weighted by molar-refractivity contribution is 0.0594. The largest absolute Gasteiger partial charge is 0.488 e. The van der Waals surface area contributed by atoms with E-state index in [1.54, 1.807) is 0 Å². The second-order valence-electron chi connectivity index (χ2n) is 5.37. The van der Waals surface area contributed by atoms with Gasteiger partial charge in [-0.3, -0.25) is 0 Å². The lowest BCUT2D eigenvalue weighted by Crippen LogP contribution is -2.06. The van der Waals surface area contributed by atoms with Crippen LogP contribution in [0.15, 0.2) is 48.5 Å². The lowest BCUT2D eigenvalue weighted by atomic mass is 10.1. The van der Waals surface area contributed by atoms with Crippen molar-refractivity contribution in [1.82, 2.24) is 4.98 Å². The predicted octanol–water partition coefficient (Wildman–Crippen LogP) is 4.05. The maximum absolute atomic E-state index is 13.6. The van der Waals surface area contributed by atoms with Crippen LogP contribution in [-0.4, -0.2) is 18.1 Å². The van der Waals surface area contributed by atoms with Crippen LogP contribution in [-0.2, 0) is 11.3 Å². The molecule has 0 saturated heterocycles. The maximum atomic E-state index is 13.6. The number of aromatic nitrogens is 1. The van der Waals surface area contributed by atoms with Crippen molar-refractivity contribution in [2.75, 3.05) is 7.11 Å². The van der Waals surface area contributed by atoms with Gasteiger partial charge in [-0.1, -0.05) is 24.3 Å². The Bertz CT molecular complexity index is 908. The van der Waals surface area contributed by atoms with Crippen LogP contribution in [0, 0.1) is 12.7 Å². The summed E-state index contributed by atoms with van der Waals surface area (Å²) < 4.78 is 24.2. The fourth-order valence-corrected chi connectivity index (χ4v) is 2.42. The Morgan fingerprint density at radius 2 is 1.96 bits per heavy atom. The van der Waals surface area contributed by atoms with Crippen LogP contribution in [0.2, 0.25) is 0 Å². The monoisotopic (exact) mass is 325 g/mol. The van der Waals surface area contributed by atoms with Gasteiger partial charge in [0.05, 0.1) is 12.6 Å². The zero-order chi connectivity index (χ0) is 17.1. The SMILES string of the molecule is COC(=O)c1cc(OCc2ccccc2C)c2cc(F)ccc2n1. The van der Waals surface area contributed by atoms with E-state index in [0.717, 1.165) is 11.1 Å². The van der Waals surface area contributed by atoms with Crippen LogP contribution in [0.25, 0.3) is 10.9 Å². The number of fused-ring (bicyclic) bond motifs is 1. The molecule has 0 aliphatic carbocycles. The molecule has 1 aromatic heterocycles. The van der Waals surface area contributed by atoms with Gasteiger partial charge in [0.15, 0.2) is 5.69 Å². The smallest absolute Gasteiger partial charge is 0.356 e. The summed E-state index contributed by atoms with van der Waals surface area (Å²) in [6, 6.07) is 13.5. The molecule has 3 rings (SSSR count). The molecule has 24 heavy (non-hydrogen) atoms. The Morgan fingerprint density at radius 1 is 1.17 bits per heavy atom. The third-order valence-electron chi connectivity index (χ3n) is 3.77. The van der Waals surface area contributed by atoms with Gasteiger partial charge in [0.2, 0.25) is 0 Å². The Balaban J connectivity index is 2.02. The highest BCUT2D eigenvalue weighted by Crippen LogP contribution is 2.27. The average Bonchev–Trinajstić information content (AvgIpc) is 2.60. The van der Waals surface area contributed by atoms with Crippen LogP contribution < -0.4 is 4.74 Å². The molecule has 0 aliphatic rings. The number of aryl methyl sites for hydroxylation is 1. The second-order valence-corrected chi connectivity index (χ2v) is 5.37. The molecular formula is C19H16FNO3. The molecule has 0 fully saturated rings. The number of hydrogen-bond acceptors (Lipinski definition) is 4.